The van der Waals surface area contributed by atoms with Gasteiger partial charge in [-0.2, -0.15) is 5.10 Å². The summed E-state index contributed by atoms with van der Waals surface area (Å²) in [5.41, 5.74) is 7.11. The molecule has 0 aliphatic heterocycles. The minimum Gasteiger partial charge on any atom is -0.358 e. The lowest BCUT2D eigenvalue weighted by Gasteiger charge is -2.20. The van der Waals surface area contributed by atoms with E-state index in [1.54, 1.807) is 24.7 Å². The summed E-state index contributed by atoms with van der Waals surface area (Å²) in [6.07, 6.45) is 11.8. The number of rotatable bonds is 7. The van der Waals surface area contributed by atoms with E-state index in [2.05, 4.69) is 64.4 Å². The number of imidazole rings is 1. The highest BCUT2D eigenvalue weighted by Crippen LogP contribution is 2.30. The summed E-state index contributed by atoms with van der Waals surface area (Å²) in [5.74, 6) is 0.701. The van der Waals surface area contributed by atoms with E-state index in [4.69, 9.17) is 4.98 Å². The molecule has 0 atom stereocenters. The molecule has 4 aromatic heterocycles. The van der Waals surface area contributed by atoms with E-state index in [9.17, 15) is 0 Å². The van der Waals surface area contributed by atoms with Gasteiger partial charge in [0.25, 0.3) is 0 Å². The molecule has 0 aliphatic carbocycles. The first kappa shape index (κ1) is 22.2. The van der Waals surface area contributed by atoms with Crippen LogP contribution in [0.5, 0.6) is 0 Å². The molecule has 0 spiro atoms. The molecule has 0 fully saturated rings. The summed E-state index contributed by atoms with van der Waals surface area (Å²) in [6.45, 7) is 16.4. The molecule has 4 rings (SSSR count). The van der Waals surface area contributed by atoms with Crippen LogP contribution in [0.3, 0.4) is 0 Å². The van der Waals surface area contributed by atoms with Crippen LogP contribution >= 0.6 is 0 Å². The highest BCUT2D eigenvalue weighted by molar-refractivity contribution is 5.93. The van der Waals surface area contributed by atoms with Crippen LogP contribution in [-0.4, -0.2) is 30.1 Å². The topological polar surface area (TPSA) is 95.2 Å². The number of hydrogen-bond acceptors (Lipinski definition) is 5. The lowest BCUT2D eigenvalue weighted by atomic mass is 9.91. The minimum absolute atomic E-state index is 0.158. The molecular formula is C26H29N7. The Labute approximate surface area is 193 Å². The maximum atomic E-state index is 4.69. The summed E-state index contributed by atoms with van der Waals surface area (Å²) < 4.78 is 0. The lowest BCUT2D eigenvalue weighted by molar-refractivity contribution is 0.411. The van der Waals surface area contributed by atoms with E-state index in [1.165, 1.54) is 0 Å². The van der Waals surface area contributed by atoms with Crippen molar-refractivity contribution >= 4 is 22.7 Å². The van der Waals surface area contributed by atoms with Gasteiger partial charge < -0.3 is 10.3 Å². The van der Waals surface area contributed by atoms with Crippen molar-refractivity contribution in [3.63, 3.8) is 0 Å². The van der Waals surface area contributed by atoms with Crippen LogP contribution in [-0.2, 0) is 0 Å². The Morgan fingerprint density at radius 2 is 2.00 bits per heavy atom. The largest absolute Gasteiger partial charge is 0.358 e. The Bertz CT molecular complexity index is 1350. The summed E-state index contributed by atoms with van der Waals surface area (Å²) in [4.78, 5) is 17.0. The van der Waals surface area contributed by atoms with Gasteiger partial charge in [-0.1, -0.05) is 46.1 Å². The van der Waals surface area contributed by atoms with Gasteiger partial charge in [0.2, 0.25) is 0 Å². The molecule has 0 bridgehead atoms. The molecule has 33 heavy (non-hydrogen) atoms. The summed E-state index contributed by atoms with van der Waals surface area (Å²) >= 11 is 0. The van der Waals surface area contributed by atoms with Crippen LogP contribution in [0.15, 0.2) is 61.7 Å². The number of nitrogens with zero attached hydrogens (tertiary/aromatic N) is 4. The van der Waals surface area contributed by atoms with Crippen molar-refractivity contribution in [3.8, 4) is 22.8 Å². The van der Waals surface area contributed by atoms with Gasteiger partial charge in [0, 0.05) is 28.5 Å². The zero-order chi connectivity index (χ0) is 23.6. The van der Waals surface area contributed by atoms with Crippen molar-refractivity contribution in [1.29, 1.82) is 0 Å². The SMILES string of the molecule is C=C/C=C\c1nc(-c2n[nH]c3cnc(-c4cncc(NC(=C)CC(C)(C)C)c4)cc23)[nH]c1C. The van der Waals surface area contributed by atoms with Gasteiger partial charge in [0.1, 0.15) is 5.69 Å². The molecule has 3 N–H and O–H groups in total. The van der Waals surface area contributed by atoms with Crippen LogP contribution in [0.4, 0.5) is 5.69 Å². The van der Waals surface area contributed by atoms with Crippen molar-refractivity contribution in [1.82, 2.24) is 30.1 Å². The molecule has 7 heteroatoms. The minimum atomic E-state index is 0.158. The highest BCUT2D eigenvalue weighted by atomic mass is 15.1. The quantitative estimate of drug-likeness (QED) is 0.295. The van der Waals surface area contributed by atoms with Gasteiger partial charge in [-0.05, 0) is 37.0 Å². The monoisotopic (exact) mass is 439 g/mol. The molecular weight excluding hydrogens is 410 g/mol. The van der Waals surface area contributed by atoms with E-state index in [0.29, 0.717) is 5.82 Å². The number of nitrogens with one attached hydrogen (secondary N) is 3. The van der Waals surface area contributed by atoms with Crippen LogP contribution in [0, 0.1) is 12.3 Å². The third kappa shape index (κ3) is 5.09. The van der Waals surface area contributed by atoms with Crippen molar-refractivity contribution in [3.05, 3.63) is 73.1 Å². The number of pyridine rings is 2. The maximum Gasteiger partial charge on any atom is 0.159 e. The van der Waals surface area contributed by atoms with Crippen LogP contribution in [0.2, 0.25) is 0 Å². The van der Waals surface area contributed by atoms with Gasteiger partial charge in [-0.25, -0.2) is 4.98 Å². The molecule has 0 saturated carbocycles. The second-order valence-electron chi connectivity index (χ2n) is 9.31. The van der Waals surface area contributed by atoms with Gasteiger partial charge in [-0.15, -0.1) is 0 Å². The normalized spacial score (nSPS) is 11.9. The molecule has 0 unspecified atom stereocenters. The number of allylic oxidation sites excluding steroid dienone is 3. The zero-order valence-corrected chi connectivity index (χ0v) is 19.5. The second kappa shape index (κ2) is 8.86. The average molecular weight is 440 g/mol. The van der Waals surface area contributed by atoms with E-state index < -0.39 is 0 Å². The number of hydrogen-bond donors (Lipinski definition) is 3. The molecule has 4 heterocycles. The first-order chi connectivity index (χ1) is 15.7. The fraction of sp³-hybridized carbons (Fsp3) is 0.231. The van der Waals surface area contributed by atoms with E-state index in [1.807, 2.05) is 31.2 Å². The number of aromatic amines is 2. The van der Waals surface area contributed by atoms with E-state index >= 15 is 0 Å². The summed E-state index contributed by atoms with van der Waals surface area (Å²) in [7, 11) is 0. The summed E-state index contributed by atoms with van der Waals surface area (Å²) in [5, 5.41) is 11.8. The molecule has 0 aromatic carbocycles. The van der Waals surface area contributed by atoms with Gasteiger partial charge >= 0.3 is 0 Å². The third-order valence-electron chi connectivity index (χ3n) is 5.08. The number of aromatic nitrogens is 6. The van der Waals surface area contributed by atoms with E-state index in [-0.39, 0.29) is 5.41 Å². The Kier molecular flexibility index (Phi) is 5.96. The van der Waals surface area contributed by atoms with Crippen molar-refractivity contribution in [2.75, 3.05) is 5.32 Å². The van der Waals surface area contributed by atoms with Gasteiger partial charge in [0.05, 0.1) is 35.0 Å². The fourth-order valence-electron chi connectivity index (χ4n) is 3.70. The first-order valence-corrected chi connectivity index (χ1v) is 10.8. The highest BCUT2D eigenvalue weighted by Gasteiger charge is 2.16. The third-order valence-corrected chi connectivity index (χ3v) is 5.08. The Hall–Kier alpha value is -4.00. The van der Waals surface area contributed by atoms with Crippen molar-refractivity contribution in [2.45, 2.75) is 34.1 Å². The number of anilines is 1. The van der Waals surface area contributed by atoms with Gasteiger partial charge in [0.15, 0.2) is 5.82 Å². The molecule has 0 radical (unpaired) electrons. The Morgan fingerprint density at radius 3 is 2.76 bits per heavy atom. The molecule has 0 amide bonds. The van der Waals surface area contributed by atoms with Crippen LogP contribution < -0.4 is 5.32 Å². The Morgan fingerprint density at radius 1 is 1.18 bits per heavy atom. The van der Waals surface area contributed by atoms with E-state index in [0.717, 1.165) is 57.0 Å². The summed E-state index contributed by atoms with van der Waals surface area (Å²) in [6, 6.07) is 4.04. The first-order valence-electron chi connectivity index (χ1n) is 10.8. The molecule has 0 aliphatic rings. The van der Waals surface area contributed by atoms with Crippen LogP contribution in [0.25, 0.3) is 39.8 Å². The van der Waals surface area contributed by atoms with Crippen molar-refractivity contribution in [2.24, 2.45) is 5.41 Å². The fourth-order valence-corrected chi connectivity index (χ4v) is 3.70. The predicted molar refractivity (Wildman–Crippen MR) is 136 cm³/mol. The molecule has 4 aromatic rings. The zero-order valence-electron chi connectivity index (χ0n) is 19.5. The Balaban J connectivity index is 1.66. The molecule has 168 valence electrons. The molecule has 0 saturated heterocycles. The van der Waals surface area contributed by atoms with Crippen LogP contribution in [0.1, 0.15) is 38.6 Å². The standard InChI is InChI=1S/C26H29N7/c1-7-8-9-21-17(3)30-25(31-21)24-20-11-22(28-15-23(20)32-33-24)18-10-19(14-27-13-18)29-16(2)12-26(4,5)6/h7-11,13-15,29H,1-2,12H2,3-6H3,(H,30,31)(H,32,33)/b9-8-. The number of fused-ring (bicyclic) bond motifs is 1. The number of aryl methyl sites for hydroxylation is 1. The predicted octanol–water partition coefficient (Wildman–Crippen LogP) is 6.28. The second-order valence-corrected chi connectivity index (χ2v) is 9.31. The number of H-pyrrole nitrogens is 2. The lowest BCUT2D eigenvalue weighted by Crippen LogP contribution is -2.10. The van der Waals surface area contributed by atoms with Gasteiger partial charge in [-0.3, -0.25) is 15.1 Å². The van der Waals surface area contributed by atoms with Crippen molar-refractivity contribution < 1.29 is 0 Å². The smallest absolute Gasteiger partial charge is 0.159 e. The maximum absolute atomic E-state index is 4.69. The molecule has 7 nitrogen and oxygen atoms in total. The average Bonchev–Trinajstić information content (AvgIpc) is 3.33.